The predicted octanol–water partition coefficient (Wildman–Crippen LogP) is -0.238. The van der Waals surface area contributed by atoms with Gasteiger partial charge in [0, 0.05) is 20.9 Å². The first kappa shape index (κ1) is 11.0. The van der Waals surface area contributed by atoms with E-state index in [0.29, 0.717) is 13.1 Å². The van der Waals surface area contributed by atoms with Crippen molar-refractivity contribution in [1.82, 2.24) is 4.90 Å². The predicted molar refractivity (Wildman–Crippen MR) is 52.4 cm³/mol. The number of hydrogen-bond acceptors (Lipinski definition) is 2. The van der Waals surface area contributed by atoms with Gasteiger partial charge in [-0.25, -0.2) is 9.28 Å². The highest BCUT2D eigenvalue weighted by atomic mass is 16.2. The highest BCUT2D eigenvalue weighted by molar-refractivity contribution is 5.85. The van der Waals surface area contributed by atoms with Crippen molar-refractivity contribution in [2.75, 3.05) is 27.2 Å². The number of amides is 3. The molecule has 14 heavy (non-hydrogen) atoms. The largest absolute Gasteiger partial charge is 0.419 e. The Bertz CT molecular complexity index is 288. The van der Waals surface area contributed by atoms with Crippen LogP contribution in [0.1, 0.15) is 13.8 Å². The van der Waals surface area contributed by atoms with Gasteiger partial charge >= 0.3 is 6.03 Å². The standard InChI is InChI=1S/C9H17N3O2/c1-9(2,7(10)13)12(4)6-5-11(3)8(12)14/h5-6H2,1-4H3,(H-,10,13)/p+1. The summed E-state index contributed by atoms with van der Waals surface area (Å²) in [5, 5.41) is 0. The van der Waals surface area contributed by atoms with Crippen LogP contribution in [0.25, 0.3) is 0 Å². The summed E-state index contributed by atoms with van der Waals surface area (Å²) in [6.45, 7) is 4.73. The molecule has 5 heteroatoms. The summed E-state index contributed by atoms with van der Waals surface area (Å²) in [4.78, 5) is 24.8. The quantitative estimate of drug-likeness (QED) is 0.625. The van der Waals surface area contributed by atoms with E-state index in [1.54, 1.807) is 32.8 Å². The van der Waals surface area contributed by atoms with E-state index in [2.05, 4.69) is 0 Å². The van der Waals surface area contributed by atoms with Gasteiger partial charge in [0.1, 0.15) is 6.54 Å². The molecule has 5 nitrogen and oxygen atoms in total. The van der Waals surface area contributed by atoms with Crippen molar-refractivity contribution >= 4 is 11.9 Å². The fourth-order valence-electron chi connectivity index (χ4n) is 1.68. The molecule has 0 spiro atoms. The molecule has 1 aliphatic heterocycles. The molecule has 1 fully saturated rings. The average Bonchev–Trinajstić information content (AvgIpc) is 2.34. The number of primary amides is 1. The van der Waals surface area contributed by atoms with Crippen molar-refractivity contribution in [2.24, 2.45) is 5.73 Å². The molecule has 1 aliphatic rings. The van der Waals surface area contributed by atoms with Crippen LogP contribution in [-0.2, 0) is 4.79 Å². The molecule has 0 aliphatic carbocycles. The normalized spacial score (nSPS) is 28.3. The lowest BCUT2D eigenvalue weighted by Crippen LogP contribution is -2.66. The van der Waals surface area contributed by atoms with Gasteiger partial charge in [-0.3, -0.25) is 9.69 Å². The molecule has 1 saturated heterocycles. The number of urea groups is 1. The van der Waals surface area contributed by atoms with Crippen molar-refractivity contribution in [1.29, 1.82) is 0 Å². The summed E-state index contributed by atoms with van der Waals surface area (Å²) < 4.78 is 0.0683. The summed E-state index contributed by atoms with van der Waals surface area (Å²) in [7, 11) is 3.50. The van der Waals surface area contributed by atoms with E-state index in [9.17, 15) is 9.59 Å². The van der Waals surface area contributed by atoms with Gasteiger partial charge in [-0.15, -0.1) is 0 Å². The number of hydrogen-bond donors (Lipinski definition) is 1. The smallest absolute Gasteiger partial charge is 0.364 e. The molecular weight excluding hydrogens is 182 g/mol. The number of quaternary nitrogens is 1. The van der Waals surface area contributed by atoms with Crippen LogP contribution in [-0.4, -0.2) is 54.0 Å². The van der Waals surface area contributed by atoms with Gasteiger partial charge in [0.25, 0.3) is 5.91 Å². The van der Waals surface area contributed by atoms with E-state index in [4.69, 9.17) is 5.73 Å². The van der Waals surface area contributed by atoms with Gasteiger partial charge in [-0.1, -0.05) is 0 Å². The maximum absolute atomic E-state index is 11.9. The number of nitrogens with zero attached hydrogens (tertiary/aromatic N) is 2. The van der Waals surface area contributed by atoms with E-state index >= 15 is 0 Å². The molecule has 0 aromatic rings. The Morgan fingerprint density at radius 3 is 2.36 bits per heavy atom. The SMILES string of the molecule is CN1CC[N+](C)(C(C)(C)C(N)=O)C1=O. The maximum atomic E-state index is 11.9. The van der Waals surface area contributed by atoms with Gasteiger partial charge in [0.05, 0.1) is 13.6 Å². The molecule has 1 rings (SSSR count). The Morgan fingerprint density at radius 2 is 2.07 bits per heavy atom. The fraction of sp³-hybridized carbons (Fsp3) is 0.778. The molecule has 3 amide bonds. The first-order valence-corrected chi connectivity index (χ1v) is 4.64. The lowest BCUT2D eigenvalue weighted by atomic mass is 10.00. The van der Waals surface area contributed by atoms with E-state index in [0.717, 1.165) is 0 Å². The van der Waals surface area contributed by atoms with Gasteiger partial charge < -0.3 is 5.73 Å². The summed E-state index contributed by atoms with van der Waals surface area (Å²) in [6.07, 6.45) is 0. The van der Waals surface area contributed by atoms with Crippen LogP contribution >= 0.6 is 0 Å². The van der Waals surface area contributed by atoms with E-state index < -0.39 is 11.4 Å². The Kier molecular flexibility index (Phi) is 2.31. The molecule has 1 heterocycles. The minimum atomic E-state index is -0.845. The molecule has 0 bridgehead atoms. The Morgan fingerprint density at radius 1 is 1.57 bits per heavy atom. The monoisotopic (exact) mass is 200 g/mol. The highest BCUT2D eigenvalue weighted by Crippen LogP contribution is 2.28. The minimum Gasteiger partial charge on any atom is -0.364 e. The van der Waals surface area contributed by atoms with Crippen LogP contribution in [0.2, 0.25) is 0 Å². The fourth-order valence-corrected chi connectivity index (χ4v) is 1.68. The van der Waals surface area contributed by atoms with Gasteiger partial charge in [-0.05, 0) is 0 Å². The Labute approximate surface area is 84.0 Å². The van der Waals surface area contributed by atoms with Crippen molar-refractivity contribution < 1.29 is 14.1 Å². The van der Waals surface area contributed by atoms with Crippen molar-refractivity contribution in [3.05, 3.63) is 0 Å². The lowest BCUT2D eigenvalue weighted by molar-refractivity contribution is -0.861. The van der Waals surface area contributed by atoms with E-state index in [1.807, 2.05) is 0 Å². The van der Waals surface area contributed by atoms with Crippen molar-refractivity contribution in [2.45, 2.75) is 19.4 Å². The first-order valence-electron chi connectivity index (χ1n) is 4.64. The van der Waals surface area contributed by atoms with E-state index in [1.165, 1.54) is 0 Å². The van der Waals surface area contributed by atoms with Crippen molar-refractivity contribution in [3.8, 4) is 0 Å². The third kappa shape index (κ3) is 1.19. The van der Waals surface area contributed by atoms with E-state index in [-0.39, 0.29) is 10.5 Å². The second-order valence-corrected chi connectivity index (χ2v) is 4.54. The third-order valence-corrected chi connectivity index (χ3v) is 3.47. The third-order valence-electron chi connectivity index (χ3n) is 3.47. The number of nitrogens with two attached hydrogens (primary N) is 1. The highest BCUT2D eigenvalue weighted by Gasteiger charge is 2.55. The van der Waals surface area contributed by atoms with Gasteiger partial charge in [0.15, 0.2) is 5.54 Å². The summed E-state index contributed by atoms with van der Waals surface area (Å²) in [5.74, 6) is -0.441. The topological polar surface area (TPSA) is 63.4 Å². The molecule has 80 valence electrons. The Hall–Kier alpha value is -1.10. The van der Waals surface area contributed by atoms with Gasteiger partial charge in [-0.2, -0.15) is 0 Å². The average molecular weight is 200 g/mol. The zero-order valence-corrected chi connectivity index (χ0v) is 9.20. The molecular formula is C9H18N3O2+. The molecule has 0 radical (unpaired) electrons. The number of rotatable bonds is 2. The molecule has 1 unspecified atom stereocenters. The second kappa shape index (κ2) is 2.95. The van der Waals surface area contributed by atoms with Crippen molar-refractivity contribution in [3.63, 3.8) is 0 Å². The second-order valence-electron chi connectivity index (χ2n) is 4.54. The van der Waals surface area contributed by atoms with Crippen LogP contribution in [0.5, 0.6) is 0 Å². The maximum Gasteiger partial charge on any atom is 0.419 e. The Balaban J connectivity index is 3.08. The first-order chi connectivity index (χ1) is 6.23. The van der Waals surface area contributed by atoms with Crippen LogP contribution < -0.4 is 5.73 Å². The molecule has 0 aromatic heterocycles. The molecule has 0 saturated carbocycles. The summed E-state index contributed by atoms with van der Waals surface area (Å²) in [5.41, 5.74) is 4.47. The molecule has 2 N–H and O–H groups in total. The molecule has 1 atom stereocenters. The van der Waals surface area contributed by atoms with Gasteiger partial charge in [0.2, 0.25) is 0 Å². The minimum absolute atomic E-state index is 0.0474. The number of carbonyl (C=O) groups is 2. The summed E-state index contributed by atoms with van der Waals surface area (Å²) in [6, 6.07) is -0.0474. The number of carbonyl (C=O) groups excluding carboxylic acids is 2. The zero-order valence-electron chi connectivity index (χ0n) is 9.20. The van der Waals surface area contributed by atoms with Crippen LogP contribution in [0, 0.1) is 0 Å². The lowest BCUT2D eigenvalue weighted by Gasteiger charge is -2.38. The van der Waals surface area contributed by atoms with Crippen LogP contribution in [0.15, 0.2) is 0 Å². The van der Waals surface area contributed by atoms with Crippen LogP contribution in [0.3, 0.4) is 0 Å². The molecule has 0 aromatic carbocycles. The van der Waals surface area contributed by atoms with Crippen LogP contribution in [0.4, 0.5) is 4.79 Å². The zero-order chi connectivity index (χ0) is 11.1. The summed E-state index contributed by atoms with van der Waals surface area (Å²) >= 11 is 0. The number of likely N-dealkylation sites (N-methyl/N-ethyl adjacent to an activating group) is 2.